The zero-order chi connectivity index (χ0) is 17.3. The number of anilines is 2. The molecule has 0 unspecified atom stereocenters. The third kappa shape index (κ3) is 3.20. The predicted molar refractivity (Wildman–Crippen MR) is 94.4 cm³/mol. The Morgan fingerprint density at radius 2 is 1.75 bits per heavy atom. The van der Waals surface area contributed by atoms with E-state index in [0.29, 0.717) is 11.3 Å². The van der Waals surface area contributed by atoms with E-state index in [9.17, 15) is 18.0 Å². The molecule has 0 aliphatic carbocycles. The largest absolute Gasteiger partial charge is 0.321 e. The van der Waals surface area contributed by atoms with Crippen molar-refractivity contribution in [3.63, 3.8) is 0 Å². The van der Waals surface area contributed by atoms with Crippen LogP contribution in [-0.4, -0.2) is 26.0 Å². The van der Waals surface area contributed by atoms with E-state index in [0.717, 1.165) is 8.78 Å². The Kier molecular flexibility index (Phi) is 4.42. The van der Waals surface area contributed by atoms with Gasteiger partial charge in [0.1, 0.15) is 0 Å². The van der Waals surface area contributed by atoms with Gasteiger partial charge in [-0.2, -0.15) is 0 Å². The first-order valence-electron chi connectivity index (χ1n) is 7.10. The van der Waals surface area contributed by atoms with E-state index in [1.165, 1.54) is 24.3 Å². The molecule has 1 N–H and O–H groups in total. The highest BCUT2D eigenvalue weighted by Crippen LogP contribution is 2.26. The van der Waals surface area contributed by atoms with Crippen molar-refractivity contribution in [2.24, 2.45) is 0 Å². The van der Waals surface area contributed by atoms with Crippen molar-refractivity contribution in [2.45, 2.75) is 6.42 Å². The quantitative estimate of drug-likeness (QED) is 0.845. The second kappa shape index (κ2) is 6.37. The molecule has 2 amide bonds. The number of nitrogens with zero attached hydrogens (tertiary/aromatic N) is 1. The van der Waals surface area contributed by atoms with Gasteiger partial charge in [-0.15, -0.1) is 0 Å². The summed E-state index contributed by atoms with van der Waals surface area (Å²) in [7, 11) is -3.60. The van der Waals surface area contributed by atoms with Gasteiger partial charge in [0.2, 0.25) is 15.9 Å². The molecule has 1 fully saturated rings. The Balaban J connectivity index is 1.81. The van der Waals surface area contributed by atoms with Gasteiger partial charge in [0.25, 0.3) is 5.91 Å². The summed E-state index contributed by atoms with van der Waals surface area (Å²) in [4.78, 5) is 24.0. The van der Waals surface area contributed by atoms with E-state index in [4.69, 9.17) is 0 Å². The van der Waals surface area contributed by atoms with Crippen LogP contribution < -0.4 is 9.62 Å². The molecule has 0 atom stereocenters. The van der Waals surface area contributed by atoms with E-state index in [1.807, 2.05) is 12.1 Å². The molecule has 0 saturated carbocycles. The summed E-state index contributed by atoms with van der Waals surface area (Å²) in [5.74, 6) is -0.972. The minimum absolute atomic E-state index is 0.0212. The van der Waals surface area contributed by atoms with Gasteiger partial charge < -0.3 is 5.32 Å². The number of para-hydroxylation sites is 1. The summed E-state index contributed by atoms with van der Waals surface area (Å²) in [6.45, 7) is 0. The second-order valence-corrected chi connectivity index (χ2v) is 8.00. The Morgan fingerprint density at radius 1 is 1.08 bits per heavy atom. The number of benzene rings is 2. The van der Waals surface area contributed by atoms with Crippen LogP contribution >= 0.6 is 15.9 Å². The fourth-order valence-electron chi connectivity index (χ4n) is 2.37. The lowest BCUT2D eigenvalue weighted by Gasteiger charge is -2.15. The van der Waals surface area contributed by atoms with Crippen LogP contribution in [0.2, 0.25) is 0 Å². The lowest BCUT2D eigenvalue weighted by molar-refractivity contribution is -0.116. The van der Waals surface area contributed by atoms with Crippen molar-refractivity contribution in [2.75, 3.05) is 15.4 Å². The summed E-state index contributed by atoms with van der Waals surface area (Å²) in [6, 6.07) is 13.1. The predicted octanol–water partition coefficient (Wildman–Crippen LogP) is 2.77. The fourth-order valence-corrected chi connectivity index (χ4v) is 4.22. The zero-order valence-corrected chi connectivity index (χ0v) is 14.8. The number of sulfonamides is 1. The van der Waals surface area contributed by atoms with E-state index in [2.05, 4.69) is 21.2 Å². The molecule has 8 heteroatoms. The number of hydrogen-bond donors (Lipinski definition) is 1. The Labute approximate surface area is 147 Å². The van der Waals surface area contributed by atoms with Crippen LogP contribution in [-0.2, 0) is 14.8 Å². The highest BCUT2D eigenvalue weighted by atomic mass is 79.9. The van der Waals surface area contributed by atoms with Gasteiger partial charge in [0, 0.05) is 16.5 Å². The molecule has 6 nitrogen and oxygen atoms in total. The summed E-state index contributed by atoms with van der Waals surface area (Å²) < 4.78 is 25.3. The van der Waals surface area contributed by atoms with E-state index < -0.39 is 15.9 Å². The Hall–Kier alpha value is -2.19. The summed E-state index contributed by atoms with van der Waals surface area (Å²) in [5, 5.41) is 2.76. The van der Waals surface area contributed by atoms with E-state index in [-0.39, 0.29) is 23.8 Å². The molecule has 0 radical (unpaired) electrons. The molecular weight excluding hydrogens is 396 g/mol. The first-order valence-corrected chi connectivity index (χ1v) is 9.50. The van der Waals surface area contributed by atoms with Crippen molar-refractivity contribution in [3.05, 3.63) is 58.6 Å². The van der Waals surface area contributed by atoms with Crippen LogP contribution in [0.3, 0.4) is 0 Å². The van der Waals surface area contributed by atoms with Gasteiger partial charge in [0.05, 0.1) is 17.1 Å². The maximum absolute atomic E-state index is 12.3. The average molecular weight is 409 g/mol. The minimum atomic E-state index is -3.60. The first-order chi connectivity index (χ1) is 11.4. The van der Waals surface area contributed by atoms with Crippen molar-refractivity contribution in [1.29, 1.82) is 0 Å². The monoisotopic (exact) mass is 408 g/mol. The average Bonchev–Trinajstić information content (AvgIpc) is 2.83. The van der Waals surface area contributed by atoms with Gasteiger partial charge in [-0.25, -0.2) is 12.7 Å². The molecule has 0 bridgehead atoms. The third-order valence-corrected chi connectivity index (χ3v) is 5.95. The lowest BCUT2D eigenvalue weighted by atomic mass is 10.2. The summed E-state index contributed by atoms with van der Waals surface area (Å²) >= 11 is 3.35. The smallest absolute Gasteiger partial charge is 0.255 e. The first kappa shape index (κ1) is 16.7. The number of rotatable bonds is 3. The maximum Gasteiger partial charge on any atom is 0.255 e. The van der Waals surface area contributed by atoms with Gasteiger partial charge in [-0.1, -0.05) is 12.1 Å². The lowest BCUT2D eigenvalue weighted by Crippen LogP contribution is -2.29. The number of hydrogen-bond acceptors (Lipinski definition) is 4. The van der Waals surface area contributed by atoms with Crippen LogP contribution in [0, 0.1) is 0 Å². The van der Waals surface area contributed by atoms with Gasteiger partial charge in [-0.05, 0) is 52.3 Å². The molecule has 2 aromatic carbocycles. The van der Waals surface area contributed by atoms with Crippen molar-refractivity contribution < 1.29 is 18.0 Å². The van der Waals surface area contributed by atoms with Crippen molar-refractivity contribution >= 4 is 49.1 Å². The number of amides is 2. The molecular formula is C16H13BrN2O4S. The number of nitrogens with one attached hydrogen (secondary N) is 1. The van der Waals surface area contributed by atoms with Gasteiger partial charge in [-0.3, -0.25) is 9.59 Å². The van der Waals surface area contributed by atoms with E-state index in [1.54, 1.807) is 12.1 Å². The zero-order valence-electron chi connectivity index (χ0n) is 12.4. The molecule has 0 aromatic heterocycles. The molecule has 1 heterocycles. The SMILES string of the molecule is O=C(Nc1ccccc1Br)c1ccc(N2C(=O)CCS2(=O)=O)cc1. The number of carbonyl (C=O) groups excluding carboxylic acids is 2. The number of halogens is 1. The Morgan fingerprint density at radius 3 is 2.33 bits per heavy atom. The standard InChI is InChI=1S/C16H13BrN2O4S/c17-13-3-1-2-4-14(13)18-16(21)11-5-7-12(8-6-11)19-15(20)9-10-24(19,22)23/h1-8H,9-10H2,(H,18,21). The van der Waals surface area contributed by atoms with Crippen LogP contribution in [0.25, 0.3) is 0 Å². The van der Waals surface area contributed by atoms with Crippen molar-refractivity contribution in [3.8, 4) is 0 Å². The molecule has 1 aliphatic heterocycles. The second-order valence-electron chi connectivity index (χ2n) is 5.20. The summed E-state index contributed by atoms with van der Waals surface area (Å²) in [5.41, 5.74) is 1.23. The highest BCUT2D eigenvalue weighted by Gasteiger charge is 2.36. The molecule has 3 rings (SSSR count). The summed E-state index contributed by atoms with van der Waals surface area (Å²) in [6.07, 6.45) is -0.0212. The van der Waals surface area contributed by atoms with E-state index >= 15 is 0 Å². The fraction of sp³-hybridized carbons (Fsp3) is 0.125. The molecule has 124 valence electrons. The highest BCUT2D eigenvalue weighted by molar-refractivity contribution is 9.10. The van der Waals surface area contributed by atoms with Crippen LogP contribution in [0.15, 0.2) is 53.0 Å². The van der Waals surface area contributed by atoms with Crippen molar-refractivity contribution in [1.82, 2.24) is 0 Å². The van der Waals surface area contributed by atoms with Crippen LogP contribution in [0.5, 0.6) is 0 Å². The molecule has 1 saturated heterocycles. The topological polar surface area (TPSA) is 83.6 Å². The minimum Gasteiger partial charge on any atom is -0.321 e. The normalized spacial score (nSPS) is 16.2. The maximum atomic E-state index is 12.3. The van der Waals surface area contributed by atoms with Gasteiger partial charge >= 0.3 is 0 Å². The van der Waals surface area contributed by atoms with Crippen LogP contribution in [0.4, 0.5) is 11.4 Å². The Bertz CT molecular complexity index is 910. The molecule has 24 heavy (non-hydrogen) atoms. The number of carbonyl (C=O) groups is 2. The third-order valence-electron chi connectivity index (χ3n) is 3.56. The van der Waals surface area contributed by atoms with Crippen LogP contribution in [0.1, 0.15) is 16.8 Å². The molecule has 2 aromatic rings. The van der Waals surface area contributed by atoms with Gasteiger partial charge in [0.15, 0.2) is 0 Å². The molecule has 1 aliphatic rings. The molecule has 0 spiro atoms.